The average molecular weight is 234 g/mol. The molecule has 1 aliphatic rings. The summed E-state index contributed by atoms with van der Waals surface area (Å²) in [6.07, 6.45) is 4.68. The number of anilines is 1. The van der Waals surface area contributed by atoms with Crippen LogP contribution in [0.15, 0.2) is 12.3 Å². The number of amides is 1. The van der Waals surface area contributed by atoms with E-state index < -0.39 is 0 Å². The second kappa shape index (κ2) is 5.61. The Kier molecular flexibility index (Phi) is 3.90. The summed E-state index contributed by atoms with van der Waals surface area (Å²) in [6.45, 7) is 4.39. The van der Waals surface area contributed by atoms with Crippen molar-refractivity contribution in [2.45, 2.75) is 32.7 Å². The van der Waals surface area contributed by atoms with Crippen LogP contribution in [-0.2, 0) is 11.3 Å². The number of aromatic nitrogens is 2. The van der Waals surface area contributed by atoms with Gasteiger partial charge in [-0.25, -0.2) is 9.97 Å². The van der Waals surface area contributed by atoms with Crippen LogP contribution in [0.2, 0.25) is 0 Å². The first-order valence-corrected chi connectivity index (χ1v) is 6.13. The molecule has 0 aliphatic carbocycles. The van der Waals surface area contributed by atoms with Gasteiger partial charge in [0.2, 0.25) is 11.9 Å². The summed E-state index contributed by atoms with van der Waals surface area (Å²) in [6, 6.07) is 1.84. The Morgan fingerprint density at radius 1 is 1.47 bits per heavy atom. The summed E-state index contributed by atoms with van der Waals surface area (Å²) in [5.41, 5.74) is 0.865. The van der Waals surface area contributed by atoms with Gasteiger partial charge < -0.3 is 10.2 Å². The van der Waals surface area contributed by atoms with Gasteiger partial charge in [-0.1, -0.05) is 6.92 Å². The Bertz CT molecular complexity index is 388. The predicted molar refractivity (Wildman–Crippen MR) is 65.6 cm³/mol. The lowest BCUT2D eigenvalue weighted by Gasteiger charge is -2.15. The molecule has 0 radical (unpaired) electrons. The van der Waals surface area contributed by atoms with Gasteiger partial charge in [0, 0.05) is 25.7 Å². The van der Waals surface area contributed by atoms with E-state index in [-0.39, 0.29) is 5.91 Å². The summed E-state index contributed by atoms with van der Waals surface area (Å²) in [7, 11) is 0. The highest BCUT2D eigenvalue weighted by atomic mass is 16.1. The zero-order valence-corrected chi connectivity index (χ0v) is 10.1. The van der Waals surface area contributed by atoms with Gasteiger partial charge in [-0.05, 0) is 18.9 Å². The molecule has 0 spiro atoms. The summed E-state index contributed by atoms with van der Waals surface area (Å²) in [4.78, 5) is 22.1. The fourth-order valence-corrected chi connectivity index (χ4v) is 1.87. The summed E-state index contributed by atoms with van der Waals surface area (Å²) >= 11 is 0. The summed E-state index contributed by atoms with van der Waals surface area (Å²) in [5, 5.41) is 2.82. The minimum atomic E-state index is 0.0475. The number of carbonyl (C=O) groups is 1. The normalized spacial score (nSPS) is 15.0. The van der Waals surface area contributed by atoms with E-state index in [0.717, 1.165) is 24.7 Å². The van der Waals surface area contributed by atoms with E-state index in [1.807, 2.05) is 13.0 Å². The lowest BCUT2D eigenvalue weighted by molar-refractivity contribution is -0.120. The summed E-state index contributed by atoms with van der Waals surface area (Å²) < 4.78 is 0. The van der Waals surface area contributed by atoms with E-state index in [9.17, 15) is 4.79 Å². The highest BCUT2D eigenvalue weighted by molar-refractivity contribution is 5.75. The van der Waals surface area contributed by atoms with Crippen LogP contribution in [0.1, 0.15) is 31.9 Å². The Hall–Kier alpha value is -1.65. The van der Waals surface area contributed by atoms with Gasteiger partial charge in [-0.3, -0.25) is 4.79 Å². The fourth-order valence-electron chi connectivity index (χ4n) is 1.87. The summed E-state index contributed by atoms with van der Waals surface area (Å²) in [5.74, 6) is 0.831. The maximum Gasteiger partial charge on any atom is 0.225 e. The van der Waals surface area contributed by atoms with Crippen molar-refractivity contribution in [3.63, 3.8) is 0 Å². The zero-order valence-electron chi connectivity index (χ0n) is 10.1. The van der Waals surface area contributed by atoms with E-state index in [1.54, 1.807) is 6.20 Å². The maximum absolute atomic E-state index is 11.2. The van der Waals surface area contributed by atoms with Crippen molar-refractivity contribution in [3.8, 4) is 0 Å². The molecule has 1 aromatic rings. The highest BCUT2D eigenvalue weighted by Crippen LogP contribution is 2.14. The standard InChI is InChI=1S/C12H18N4O/c1-2-11(17)14-9-10-5-6-13-12(15-10)16-7-3-4-8-16/h5-6H,2-4,7-9H2,1H3,(H,14,17). The molecule has 0 unspecified atom stereocenters. The quantitative estimate of drug-likeness (QED) is 0.847. The maximum atomic E-state index is 11.2. The molecule has 5 heteroatoms. The first-order chi connectivity index (χ1) is 8.29. The number of nitrogens with one attached hydrogen (secondary N) is 1. The first-order valence-electron chi connectivity index (χ1n) is 6.13. The van der Waals surface area contributed by atoms with Gasteiger partial charge in [0.05, 0.1) is 12.2 Å². The molecule has 1 saturated heterocycles. The van der Waals surface area contributed by atoms with Crippen molar-refractivity contribution in [3.05, 3.63) is 18.0 Å². The van der Waals surface area contributed by atoms with Crippen LogP contribution in [0.5, 0.6) is 0 Å². The molecule has 1 aromatic heterocycles. The highest BCUT2D eigenvalue weighted by Gasteiger charge is 2.14. The van der Waals surface area contributed by atoms with Crippen LogP contribution in [0.25, 0.3) is 0 Å². The largest absolute Gasteiger partial charge is 0.350 e. The third-order valence-corrected chi connectivity index (χ3v) is 2.88. The first kappa shape index (κ1) is 11.8. The zero-order chi connectivity index (χ0) is 12.1. The van der Waals surface area contributed by atoms with E-state index in [2.05, 4.69) is 20.2 Å². The Morgan fingerprint density at radius 3 is 2.94 bits per heavy atom. The number of rotatable bonds is 4. The number of carbonyl (C=O) groups excluding carboxylic acids is 1. The van der Waals surface area contributed by atoms with Gasteiger partial charge in [-0.15, -0.1) is 0 Å². The van der Waals surface area contributed by atoms with Crippen LogP contribution in [-0.4, -0.2) is 29.0 Å². The predicted octanol–water partition coefficient (Wildman–Crippen LogP) is 1.10. The molecule has 0 aromatic carbocycles. The Morgan fingerprint density at radius 2 is 2.24 bits per heavy atom. The minimum absolute atomic E-state index is 0.0475. The molecule has 2 heterocycles. The van der Waals surface area contributed by atoms with Crippen LogP contribution in [0, 0.1) is 0 Å². The Labute approximate surface area is 101 Å². The van der Waals surface area contributed by atoms with Gasteiger partial charge in [0.25, 0.3) is 0 Å². The van der Waals surface area contributed by atoms with Crippen molar-refractivity contribution >= 4 is 11.9 Å². The third-order valence-electron chi connectivity index (χ3n) is 2.88. The van der Waals surface area contributed by atoms with Crippen molar-refractivity contribution in [2.75, 3.05) is 18.0 Å². The van der Waals surface area contributed by atoms with Crippen molar-refractivity contribution in [2.24, 2.45) is 0 Å². The van der Waals surface area contributed by atoms with E-state index in [4.69, 9.17) is 0 Å². The second-order valence-corrected chi connectivity index (χ2v) is 4.17. The molecule has 0 bridgehead atoms. The number of nitrogens with zero attached hydrogens (tertiary/aromatic N) is 3. The Balaban J connectivity index is 1.98. The molecule has 2 rings (SSSR count). The van der Waals surface area contributed by atoms with Crippen molar-refractivity contribution in [1.29, 1.82) is 0 Å². The van der Waals surface area contributed by atoms with Crippen LogP contribution in [0.3, 0.4) is 0 Å². The van der Waals surface area contributed by atoms with Crippen LogP contribution in [0.4, 0.5) is 5.95 Å². The van der Waals surface area contributed by atoms with Gasteiger partial charge in [-0.2, -0.15) is 0 Å². The monoisotopic (exact) mass is 234 g/mol. The van der Waals surface area contributed by atoms with E-state index >= 15 is 0 Å². The topological polar surface area (TPSA) is 58.1 Å². The minimum Gasteiger partial charge on any atom is -0.350 e. The lowest BCUT2D eigenvalue weighted by atomic mass is 10.4. The molecule has 1 N–H and O–H groups in total. The van der Waals surface area contributed by atoms with Crippen LogP contribution >= 0.6 is 0 Å². The van der Waals surface area contributed by atoms with E-state index in [1.165, 1.54) is 12.8 Å². The molecule has 0 saturated carbocycles. The molecule has 0 atom stereocenters. The molecule has 1 aliphatic heterocycles. The van der Waals surface area contributed by atoms with Crippen LogP contribution < -0.4 is 10.2 Å². The van der Waals surface area contributed by atoms with Gasteiger partial charge in [0.15, 0.2) is 0 Å². The third kappa shape index (κ3) is 3.15. The lowest BCUT2D eigenvalue weighted by Crippen LogP contribution is -2.24. The van der Waals surface area contributed by atoms with Crippen molar-refractivity contribution < 1.29 is 4.79 Å². The SMILES string of the molecule is CCC(=O)NCc1ccnc(N2CCCC2)n1. The van der Waals surface area contributed by atoms with Gasteiger partial charge in [0.1, 0.15) is 0 Å². The van der Waals surface area contributed by atoms with Crippen molar-refractivity contribution in [1.82, 2.24) is 15.3 Å². The molecule has 1 fully saturated rings. The fraction of sp³-hybridized carbons (Fsp3) is 0.583. The number of hydrogen-bond donors (Lipinski definition) is 1. The van der Waals surface area contributed by atoms with E-state index in [0.29, 0.717) is 13.0 Å². The molecule has 17 heavy (non-hydrogen) atoms. The number of hydrogen-bond acceptors (Lipinski definition) is 4. The molecular weight excluding hydrogens is 216 g/mol. The second-order valence-electron chi connectivity index (χ2n) is 4.17. The van der Waals surface area contributed by atoms with Gasteiger partial charge >= 0.3 is 0 Å². The smallest absolute Gasteiger partial charge is 0.225 e. The molecule has 92 valence electrons. The average Bonchev–Trinajstić information content (AvgIpc) is 2.90. The molecular formula is C12H18N4O. The molecule has 5 nitrogen and oxygen atoms in total. The molecule has 1 amide bonds.